The fourth-order valence-corrected chi connectivity index (χ4v) is 2.89. The van der Waals surface area contributed by atoms with Gasteiger partial charge in [-0.2, -0.15) is 0 Å². The van der Waals surface area contributed by atoms with Crippen molar-refractivity contribution in [1.29, 1.82) is 0 Å². The molecular formula is C21H21ClN4O3. The Hall–Kier alpha value is -3.32. The number of nitrogens with one attached hydrogen (secondary N) is 2. The molecular weight excluding hydrogens is 392 g/mol. The number of nitrogens with zero attached hydrogens (tertiary/aromatic N) is 2. The van der Waals surface area contributed by atoms with Crippen molar-refractivity contribution in [1.82, 2.24) is 9.55 Å². The first kappa shape index (κ1) is 20.4. The molecule has 0 saturated heterocycles. The van der Waals surface area contributed by atoms with Gasteiger partial charge in [-0.05, 0) is 36.8 Å². The van der Waals surface area contributed by atoms with Crippen molar-refractivity contribution >= 4 is 34.8 Å². The van der Waals surface area contributed by atoms with E-state index >= 15 is 0 Å². The summed E-state index contributed by atoms with van der Waals surface area (Å²) < 4.78 is 7.11. The van der Waals surface area contributed by atoms with E-state index in [9.17, 15) is 9.59 Å². The normalized spacial score (nSPS) is 10.4. The fraction of sp³-hybridized carbons (Fsp3) is 0.190. The van der Waals surface area contributed by atoms with E-state index in [4.69, 9.17) is 16.3 Å². The lowest BCUT2D eigenvalue weighted by atomic mass is 10.1. The molecule has 3 rings (SSSR count). The van der Waals surface area contributed by atoms with Gasteiger partial charge in [0.25, 0.3) is 5.91 Å². The Morgan fingerprint density at radius 2 is 2.03 bits per heavy atom. The van der Waals surface area contributed by atoms with Crippen LogP contribution in [0.3, 0.4) is 0 Å². The van der Waals surface area contributed by atoms with Gasteiger partial charge in [0.15, 0.2) is 0 Å². The Morgan fingerprint density at radius 3 is 2.76 bits per heavy atom. The van der Waals surface area contributed by atoms with Crippen molar-refractivity contribution in [2.75, 3.05) is 17.7 Å². The number of methoxy groups -OCH3 is 1. The second-order valence-corrected chi connectivity index (χ2v) is 6.84. The molecule has 8 heteroatoms. The number of carbonyl (C=O) groups excluding carboxylic acids is 2. The van der Waals surface area contributed by atoms with Gasteiger partial charge < -0.3 is 19.9 Å². The molecule has 1 aromatic heterocycles. The van der Waals surface area contributed by atoms with Crippen LogP contribution in [0.2, 0.25) is 5.02 Å². The number of hydrogen-bond donors (Lipinski definition) is 2. The molecule has 150 valence electrons. The molecule has 0 aliphatic carbocycles. The van der Waals surface area contributed by atoms with Crippen LogP contribution in [0, 0.1) is 6.92 Å². The molecule has 0 spiro atoms. The maximum Gasteiger partial charge on any atom is 0.255 e. The molecule has 0 aliphatic heterocycles. The molecule has 7 nitrogen and oxygen atoms in total. The molecule has 2 N–H and O–H groups in total. The van der Waals surface area contributed by atoms with E-state index in [0.717, 1.165) is 5.56 Å². The zero-order chi connectivity index (χ0) is 20.8. The van der Waals surface area contributed by atoms with E-state index < -0.39 is 0 Å². The third kappa shape index (κ3) is 5.36. The van der Waals surface area contributed by atoms with Crippen LogP contribution >= 0.6 is 11.6 Å². The van der Waals surface area contributed by atoms with Gasteiger partial charge in [-0.25, -0.2) is 4.98 Å². The molecule has 0 fully saturated rings. The van der Waals surface area contributed by atoms with Crippen LogP contribution in [0.5, 0.6) is 5.75 Å². The molecule has 1 heterocycles. The molecule has 0 atom stereocenters. The summed E-state index contributed by atoms with van der Waals surface area (Å²) in [4.78, 5) is 28.8. The summed E-state index contributed by atoms with van der Waals surface area (Å²) in [7, 11) is 1.51. The molecule has 2 aromatic carbocycles. The second kappa shape index (κ2) is 9.25. The first-order chi connectivity index (χ1) is 14.0. The molecule has 0 aliphatic rings. The van der Waals surface area contributed by atoms with E-state index in [1.807, 2.05) is 11.5 Å². The molecule has 0 saturated carbocycles. The first-order valence-corrected chi connectivity index (χ1v) is 9.35. The van der Waals surface area contributed by atoms with Gasteiger partial charge in [0.2, 0.25) is 5.91 Å². The highest BCUT2D eigenvalue weighted by molar-refractivity contribution is 6.31. The third-order valence-electron chi connectivity index (χ3n) is 4.29. The molecule has 29 heavy (non-hydrogen) atoms. The Balaban J connectivity index is 1.66. The number of halogens is 1. The number of aromatic nitrogens is 2. The van der Waals surface area contributed by atoms with Gasteiger partial charge in [-0.3, -0.25) is 9.59 Å². The molecule has 3 aromatic rings. The zero-order valence-electron chi connectivity index (χ0n) is 16.1. The highest BCUT2D eigenvalue weighted by Gasteiger charge is 2.13. The average Bonchev–Trinajstić information content (AvgIpc) is 3.23. The molecule has 2 amide bonds. The van der Waals surface area contributed by atoms with Gasteiger partial charge in [0, 0.05) is 47.7 Å². The molecule has 0 bridgehead atoms. The number of carbonyl (C=O) groups is 2. The minimum absolute atomic E-state index is 0.147. The predicted molar refractivity (Wildman–Crippen MR) is 113 cm³/mol. The number of aryl methyl sites for hydroxylation is 2. The minimum Gasteiger partial charge on any atom is -0.495 e. The van der Waals surface area contributed by atoms with E-state index in [2.05, 4.69) is 15.6 Å². The standard InChI is InChI=1S/C21H21ClN4O3/c1-14-10-18(19(29-2)12-17(14)22)25-21(28)15-4-3-5-16(11-15)24-20(27)6-8-26-9-7-23-13-26/h3-5,7,9-13H,6,8H2,1-2H3,(H,24,27)(H,25,28). The average molecular weight is 413 g/mol. The van der Waals surface area contributed by atoms with Gasteiger partial charge >= 0.3 is 0 Å². The van der Waals surface area contributed by atoms with Crippen LogP contribution in [0.4, 0.5) is 11.4 Å². The zero-order valence-corrected chi connectivity index (χ0v) is 16.9. The summed E-state index contributed by atoms with van der Waals surface area (Å²) in [6.07, 6.45) is 5.42. The topological polar surface area (TPSA) is 85.3 Å². The monoisotopic (exact) mass is 412 g/mol. The van der Waals surface area contributed by atoms with Crippen LogP contribution in [0.1, 0.15) is 22.3 Å². The van der Waals surface area contributed by atoms with Crippen molar-refractivity contribution in [3.63, 3.8) is 0 Å². The smallest absolute Gasteiger partial charge is 0.255 e. The van der Waals surface area contributed by atoms with Crippen molar-refractivity contribution in [2.24, 2.45) is 0 Å². The van der Waals surface area contributed by atoms with Gasteiger partial charge in [-0.1, -0.05) is 17.7 Å². The maximum atomic E-state index is 12.7. The summed E-state index contributed by atoms with van der Waals surface area (Å²) in [6.45, 7) is 2.37. The summed E-state index contributed by atoms with van der Waals surface area (Å²) >= 11 is 6.11. The minimum atomic E-state index is -0.320. The van der Waals surface area contributed by atoms with Crippen LogP contribution in [0.25, 0.3) is 0 Å². The molecule has 0 unspecified atom stereocenters. The summed E-state index contributed by atoms with van der Waals surface area (Å²) in [5.41, 5.74) is 2.30. The second-order valence-electron chi connectivity index (χ2n) is 6.44. The Kier molecular flexibility index (Phi) is 6.51. The van der Waals surface area contributed by atoms with E-state index in [1.165, 1.54) is 7.11 Å². The van der Waals surface area contributed by atoms with Crippen molar-refractivity contribution in [2.45, 2.75) is 19.9 Å². The number of benzene rings is 2. The number of hydrogen-bond acceptors (Lipinski definition) is 4. The highest BCUT2D eigenvalue weighted by atomic mass is 35.5. The Bertz CT molecular complexity index is 1020. The number of amides is 2. The lowest BCUT2D eigenvalue weighted by Gasteiger charge is -2.13. The Labute approximate surface area is 173 Å². The SMILES string of the molecule is COc1cc(Cl)c(C)cc1NC(=O)c1cccc(NC(=O)CCn2ccnc2)c1. The number of imidazole rings is 1. The third-order valence-corrected chi connectivity index (χ3v) is 4.70. The first-order valence-electron chi connectivity index (χ1n) is 8.97. The van der Waals surface area contributed by atoms with Crippen LogP contribution < -0.4 is 15.4 Å². The van der Waals surface area contributed by atoms with Gasteiger partial charge in [-0.15, -0.1) is 0 Å². The lowest BCUT2D eigenvalue weighted by Crippen LogP contribution is -2.16. The Morgan fingerprint density at radius 1 is 1.21 bits per heavy atom. The van der Waals surface area contributed by atoms with Crippen molar-refractivity contribution in [3.05, 3.63) is 71.3 Å². The lowest BCUT2D eigenvalue weighted by molar-refractivity contribution is -0.116. The number of ether oxygens (including phenoxy) is 1. The predicted octanol–water partition coefficient (Wildman–Crippen LogP) is 4.13. The maximum absolute atomic E-state index is 12.7. The molecule has 0 radical (unpaired) electrons. The quantitative estimate of drug-likeness (QED) is 0.610. The van der Waals surface area contributed by atoms with Crippen LogP contribution in [-0.4, -0.2) is 28.5 Å². The number of anilines is 2. The summed E-state index contributed by atoms with van der Waals surface area (Å²) in [5, 5.41) is 6.19. The largest absolute Gasteiger partial charge is 0.495 e. The fourth-order valence-electron chi connectivity index (χ4n) is 2.74. The van der Waals surface area contributed by atoms with E-state index in [-0.39, 0.29) is 11.8 Å². The van der Waals surface area contributed by atoms with Crippen molar-refractivity contribution in [3.8, 4) is 5.75 Å². The van der Waals surface area contributed by atoms with E-state index in [0.29, 0.717) is 40.7 Å². The van der Waals surface area contributed by atoms with Crippen LogP contribution in [-0.2, 0) is 11.3 Å². The van der Waals surface area contributed by atoms with Gasteiger partial charge in [0.1, 0.15) is 5.75 Å². The summed E-state index contributed by atoms with van der Waals surface area (Å²) in [5.74, 6) is 0.00343. The number of rotatable bonds is 7. The van der Waals surface area contributed by atoms with Crippen LogP contribution in [0.15, 0.2) is 55.1 Å². The van der Waals surface area contributed by atoms with E-state index in [1.54, 1.807) is 55.1 Å². The van der Waals surface area contributed by atoms with Gasteiger partial charge in [0.05, 0.1) is 19.1 Å². The highest BCUT2D eigenvalue weighted by Crippen LogP contribution is 2.31. The van der Waals surface area contributed by atoms with Crippen molar-refractivity contribution < 1.29 is 14.3 Å². The summed E-state index contributed by atoms with van der Waals surface area (Å²) in [6, 6.07) is 10.2.